The second-order valence-corrected chi connectivity index (χ2v) is 7.67. The van der Waals surface area contributed by atoms with Crippen LogP contribution in [0, 0.1) is 16.7 Å². The van der Waals surface area contributed by atoms with Crippen molar-refractivity contribution >= 4 is 33.6 Å². The minimum absolute atomic E-state index is 0.220. The number of hydrogen-bond acceptors (Lipinski definition) is 6. The number of carbonyl (C=O) groups excluding carboxylic acids is 3. The molecule has 1 saturated heterocycles. The molecule has 0 aliphatic carbocycles. The SMILES string of the molecule is COC(=O)C1=CN2C(C(C)=O)C(c3ccc(Br)cc3)C(C#N)(C(N)=O)C2C=C1. The van der Waals surface area contributed by atoms with Crippen molar-refractivity contribution in [1.82, 2.24) is 4.90 Å². The molecule has 0 spiro atoms. The van der Waals surface area contributed by atoms with Crippen molar-refractivity contribution in [1.29, 1.82) is 5.26 Å². The summed E-state index contributed by atoms with van der Waals surface area (Å²) in [5, 5.41) is 10.1. The number of nitrogens with two attached hydrogens (primary N) is 1. The molecule has 8 heteroatoms. The van der Waals surface area contributed by atoms with Crippen LogP contribution < -0.4 is 5.73 Å². The first kappa shape index (κ1) is 19.8. The fraction of sp³-hybridized carbons (Fsp3) is 0.300. The number of amides is 1. The zero-order chi connectivity index (χ0) is 20.6. The lowest BCUT2D eigenvalue weighted by Gasteiger charge is -2.32. The Bertz CT molecular complexity index is 947. The summed E-state index contributed by atoms with van der Waals surface area (Å²) in [5.74, 6) is -2.44. The van der Waals surface area contributed by atoms with E-state index in [2.05, 4.69) is 22.0 Å². The zero-order valence-electron chi connectivity index (χ0n) is 15.3. The second kappa shape index (κ2) is 7.24. The smallest absolute Gasteiger partial charge is 0.339 e. The molecule has 0 radical (unpaired) electrons. The molecule has 3 rings (SSSR count). The number of hydrogen-bond donors (Lipinski definition) is 1. The van der Waals surface area contributed by atoms with Crippen molar-refractivity contribution in [3.05, 3.63) is 58.2 Å². The quantitative estimate of drug-likeness (QED) is 0.709. The fourth-order valence-electron chi connectivity index (χ4n) is 4.11. The molecule has 1 aromatic rings. The Morgan fingerprint density at radius 3 is 2.43 bits per heavy atom. The van der Waals surface area contributed by atoms with Gasteiger partial charge in [-0.1, -0.05) is 34.1 Å². The molecule has 0 aromatic heterocycles. The predicted octanol–water partition coefficient (Wildman–Crippen LogP) is 1.80. The molecular formula is C20H18BrN3O4. The highest BCUT2D eigenvalue weighted by Crippen LogP contribution is 2.53. The normalized spacial score (nSPS) is 28.1. The van der Waals surface area contributed by atoms with Crippen LogP contribution in [0.5, 0.6) is 0 Å². The molecule has 28 heavy (non-hydrogen) atoms. The maximum atomic E-state index is 12.6. The molecule has 144 valence electrons. The fourth-order valence-corrected chi connectivity index (χ4v) is 4.38. The van der Waals surface area contributed by atoms with Gasteiger partial charge >= 0.3 is 5.97 Å². The molecule has 0 bridgehead atoms. The number of primary amides is 1. The molecular weight excluding hydrogens is 426 g/mol. The first-order chi connectivity index (χ1) is 13.3. The number of ketones is 1. The topological polar surface area (TPSA) is 113 Å². The van der Waals surface area contributed by atoms with Gasteiger partial charge in [0.05, 0.1) is 30.8 Å². The summed E-state index contributed by atoms with van der Waals surface area (Å²) >= 11 is 3.36. The van der Waals surface area contributed by atoms with Crippen molar-refractivity contribution in [2.24, 2.45) is 11.1 Å². The Balaban J connectivity index is 2.25. The van der Waals surface area contributed by atoms with Crippen LogP contribution in [-0.4, -0.2) is 41.8 Å². The van der Waals surface area contributed by atoms with E-state index in [0.717, 1.165) is 4.47 Å². The second-order valence-electron chi connectivity index (χ2n) is 6.76. The van der Waals surface area contributed by atoms with Crippen molar-refractivity contribution in [3.63, 3.8) is 0 Å². The Kier molecular flexibility index (Phi) is 5.13. The van der Waals surface area contributed by atoms with E-state index >= 15 is 0 Å². The number of halogens is 1. The number of fused-ring (bicyclic) bond motifs is 1. The molecule has 0 saturated carbocycles. The standard InChI is InChI=1S/C20H18BrN3O4/c1-11(25)17-16(12-3-6-14(21)7-4-12)20(10-22,19(23)27)15-8-5-13(9-24(15)17)18(26)28-2/h3-9,15-17H,1-2H3,(H2,23,27). The average molecular weight is 444 g/mol. The number of nitriles is 1. The third-order valence-corrected chi connectivity index (χ3v) is 5.85. The maximum Gasteiger partial charge on any atom is 0.339 e. The number of carbonyl (C=O) groups is 3. The molecule has 2 aliphatic heterocycles. The van der Waals surface area contributed by atoms with Gasteiger partial charge in [-0.25, -0.2) is 4.79 Å². The number of benzene rings is 1. The molecule has 2 heterocycles. The highest BCUT2D eigenvalue weighted by atomic mass is 79.9. The van der Waals surface area contributed by atoms with Gasteiger partial charge in [-0.15, -0.1) is 0 Å². The van der Waals surface area contributed by atoms with E-state index in [-0.39, 0.29) is 11.4 Å². The van der Waals surface area contributed by atoms with Crippen LogP contribution in [0.2, 0.25) is 0 Å². The Morgan fingerprint density at radius 1 is 1.29 bits per heavy atom. The first-order valence-electron chi connectivity index (χ1n) is 8.50. The lowest BCUT2D eigenvalue weighted by atomic mass is 9.68. The van der Waals surface area contributed by atoms with Crippen molar-refractivity contribution in [2.45, 2.75) is 24.9 Å². The summed E-state index contributed by atoms with van der Waals surface area (Å²) in [5.41, 5.74) is 4.91. The van der Waals surface area contributed by atoms with E-state index in [1.165, 1.54) is 26.3 Å². The number of ether oxygens (including phenoxy) is 1. The molecule has 2 N–H and O–H groups in total. The summed E-state index contributed by atoms with van der Waals surface area (Å²) in [4.78, 5) is 38.8. The van der Waals surface area contributed by atoms with E-state index in [9.17, 15) is 19.6 Å². The number of Topliss-reactive ketones (excluding diaryl/α,β-unsaturated/α-hetero) is 1. The Labute approximate surface area is 170 Å². The molecule has 4 atom stereocenters. The molecule has 1 fully saturated rings. The number of rotatable bonds is 4. The molecule has 1 aromatic carbocycles. The molecule has 1 amide bonds. The lowest BCUT2D eigenvalue weighted by molar-refractivity contribution is -0.136. The van der Waals surface area contributed by atoms with Crippen LogP contribution in [0.25, 0.3) is 0 Å². The largest absolute Gasteiger partial charge is 0.465 e. The van der Waals surface area contributed by atoms with Crippen LogP contribution in [-0.2, 0) is 19.1 Å². The van der Waals surface area contributed by atoms with Crippen molar-refractivity contribution < 1.29 is 19.1 Å². The van der Waals surface area contributed by atoms with Gasteiger partial charge in [0.1, 0.15) is 0 Å². The third kappa shape index (κ3) is 2.83. The van der Waals surface area contributed by atoms with E-state index in [1.54, 1.807) is 35.2 Å². The van der Waals surface area contributed by atoms with E-state index in [1.807, 2.05) is 0 Å². The number of nitrogens with zero attached hydrogens (tertiary/aromatic N) is 2. The van der Waals surface area contributed by atoms with Gasteiger partial charge in [0, 0.05) is 16.6 Å². The van der Waals surface area contributed by atoms with Gasteiger partial charge in [-0.2, -0.15) is 5.26 Å². The molecule has 4 unspecified atom stereocenters. The van der Waals surface area contributed by atoms with Gasteiger partial charge in [-0.3, -0.25) is 9.59 Å². The lowest BCUT2D eigenvalue weighted by Crippen LogP contribution is -2.47. The maximum absolute atomic E-state index is 12.6. The van der Waals surface area contributed by atoms with Gasteiger partial charge in [0.25, 0.3) is 0 Å². The molecule has 2 aliphatic rings. The van der Waals surface area contributed by atoms with Gasteiger partial charge in [0.15, 0.2) is 11.2 Å². The summed E-state index contributed by atoms with van der Waals surface area (Å²) < 4.78 is 5.57. The molecule has 7 nitrogen and oxygen atoms in total. The van der Waals surface area contributed by atoms with Crippen LogP contribution in [0.1, 0.15) is 18.4 Å². The van der Waals surface area contributed by atoms with Gasteiger partial charge in [0.2, 0.25) is 5.91 Å². The van der Waals surface area contributed by atoms with E-state index in [0.29, 0.717) is 5.56 Å². The summed E-state index contributed by atoms with van der Waals surface area (Å²) in [6.45, 7) is 1.39. The predicted molar refractivity (Wildman–Crippen MR) is 103 cm³/mol. The summed E-state index contributed by atoms with van der Waals surface area (Å²) in [6.07, 6.45) is 4.52. The number of esters is 1. The van der Waals surface area contributed by atoms with Gasteiger partial charge in [-0.05, 0) is 30.7 Å². The van der Waals surface area contributed by atoms with Crippen LogP contribution >= 0.6 is 15.9 Å². The summed E-state index contributed by atoms with van der Waals surface area (Å²) in [7, 11) is 1.25. The van der Waals surface area contributed by atoms with Crippen LogP contribution in [0.15, 0.2) is 52.7 Å². The van der Waals surface area contributed by atoms with Crippen molar-refractivity contribution in [2.75, 3.05) is 7.11 Å². The average Bonchev–Trinajstić information content (AvgIpc) is 2.98. The highest BCUT2D eigenvalue weighted by Gasteiger charge is 2.64. The highest BCUT2D eigenvalue weighted by molar-refractivity contribution is 9.10. The minimum Gasteiger partial charge on any atom is -0.465 e. The van der Waals surface area contributed by atoms with Crippen LogP contribution in [0.3, 0.4) is 0 Å². The minimum atomic E-state index is -1.68. The Hall–Kier alpha value is -2.92. The third-order valence-electron chi connectivity index (χ3n) is 5.32. The van der Waals surface area contributed by atoms with Crippen molar-refractivity contribution in [3.8, 4) is 6.07 Å². The first-order valence-corrected chi connectivity index (χ1v) is 9.30. The van der Waals surface area contributed by atoms with Gasteiger partial charge < -0.3 is 15.4 Å². The van der Waals surface area contributed by atoms with E-state index in [4.69, 9.17) is 10.5 Å². The number of methoxy groups -OCH3 is 1. The Morgan fingerprint density at radius 2 is 1.93 bits per heavy atom. The monoisotopic (exact) mass is 443 g/mol. The van der Waals surface area contributed by atoms with E-state index < -0.39 is 35.3 Å². The van der Waals surface area contributed by atoms with Crippen LogP contribution in [0.4, 0.5) is 0 Å². The zero-order valence-corrected chi connectivity index (χ0v) is 16.8. The summed E-state index contributed by atoms with van der Waals surface area (Å²) in [6, 6.07) is 7.54.